The van der Waals surface area contributed by atoms with Crippen molar-refractivity contribution in [2.45, 2.75) is 32.7 Å². The minimum atomic E-state index is -0.860. The quantitative estimate of drug-likeness (QED) is 0.348. The highest BCUT2D eigenvalue weighted by Gasteiger charge is 2.37. The number of carbonyl (C=O) groups excluding carboxylic acids is 1. The Kier molecular flexibility index (Phi) is 6.51. The fourth-order valence-corrected chi connectivity index (χ4v) is 5.63. The number of aromatic nitrogens is 4. The molecule has 11 heteroatoms. The van der Waals surface area contributed by atoms with Gasteiger partial charge in [0.25, 0.3) is 0 Å². The summed E-state index contributed by atoms with van der Waals surface area (Å²) in [7, 11) is 0. The van der Waals surface area contributed by atoms with Gasteiger partial charge in [0.2, 0.25) is 5.91 Å². The van der Waals surface area contributed by atoms with Gasteiger partial charge in [0.15, 0.2) is 17.2 Å². The van der Waals surface area contributed by atoms with E-state index in [-0.39, 0.29) is 58.8 Å². The maximum absolute atomic E-state index is 16.3. The molecule has 1 amide bonds. The Morgan fingerprint density at radius 1 is 1.17 bits per heavy atom. The second-order valence-electron chi connectivity index (χ2n) is 10.5. The summed E-state index contributed by atoms with van der Waals surface area (Å²) < 4.78 is 38.8. The topological polar surface area (TPSA) is 93.5 Å². The number of pyridine rings is 2. The van der Waals surface area contributed by atoms with Crippen molar-refractivity contribution in [3.05, 3.63) is 82.6 Å². The molecule has 1 saturated heterocycles. The fraction of sp³-hybridized carbons (Fsp3) is 0.300. The number of hydrogen-bond donors (Lipinski definition) is 0. The summed E-state index contributed by atoms with van der Waals surface area (Å²) in [6, 6.07) is 7.09. The number of halogens is 2. The molecule has 0 spiro atoms. The Morgan fingerprint density at radius 3 is 2.68 bits per heavy atom. The molecule has 1 atom stereocenters. The van der Waals surface area contributed by atoms with Gasteiger partial charge in [0, 0.05) is 31.4 Å². The van der Waals surface area contributed by atoms with Crippen LogP contribution in [0.2, 0.25) is 0 Å². The van der Waals surface area contributed by atoms with E-state index in [1.165, 1.54) is 28.8 Å². The first kappa shape index (κ1) is 26.5. The van der Waals surface area contributed by atoms with Crippen LogP contribution in [0.1, 0.15) is 31.0 Å². The molecular formula is C30H28F2N6O3. The van der Waals surface area contributed by atoms with Crippen molar-refractivity contribution in [3.8, 4) is 22.7 Å². The molecule has 0 saturated carbocycles. The lowest BCUT2D eigenvalue weighted by molar-refractivity contribution is -0.126. The van der Waals surface area contributed by atoms with Crippen molar-refractivity contribution in [2.24, 2.45) is 0 Å². The number of hydrogen-bond acceptors (Lipinski definition) is 7. The zero-order chi connectivity index (χ0) is 29.0. The normalized spacial score (nSPS) is 16.4. The Labute approximate surface area is 234 Å². The zero-order valence-electron chi connectivity index (χ0n) is 22.9. The summed E-state index contributed by atoms with van der Waals surface area (Å²) in [5, 5.41) is 0.200. The molecule has 0 bridgehead atoms. The number of fused-ring (bicyclic) bond motifs is 2. The highest BCUT2D eigenvalue weighted by Crippen LogP contribution is 2.42. The van der Waals surface area contributed by atoms with Crippen LogP contribution in [-0.2, 0) is 4.79 Å². The van der Waals surface area contributed by atoms with Gasteiger partial charge < -0.3 is 14.5 Å². The largest absolute Gasteiger partial charge is 0.487 e. The van der Waals surface area contributed by atoms with E-state index in [4.69, 9.17) is 4.74 Å². The lowest BCUT2D eigenvalue weighted by atomic mass is 10.0. The Balaban J connectivity index is 1.70. The van der Waals surface area contributed by atoms with Gasteiger partial charge in [0.05, 0.1) is 17.4 Å². The number of nitrogens with zero attached hydrogens (tertiary/aromatic N) is 6. The molecule has 1 fully saturated rings. The monoisotopic (exact) mass is 558 g/mol. The molecule has 0 unspecified atom stereocenters. The molecule has 6 rings (SSSR count). The SMILES string of the molecule is C=CC(=O)N1CCN2c3nc(=O)n(-c4c(C)ccnc4C(C)C)c4nc(-c5ccccc5F)c(F)c(c34)OC[C@@H]2C1. The van der Waals surface area contributed by atoms with Crippen LogP contribution in [-0.4, -0.2) is 62.6 Å². The molecule has 2 aliphatic heterocycles. The third-order valence-corrected chi connectivity index (χ3v) is 7.62. The van der Waals surface area contributed by atoms with E-state index in [1.54, 1.807) is 23.2 Å². The summed E-state index contributed by atoms with van der Waals surface area (Å²) >= 11 is 0. The standard InChI is InChI=1S/C30H28F2N6O3/c1-5-21(39)36-12-13-37-18(14-36)15-41-27-22-28(37)35-30(40)38(26-17(4)10-11-33-24(26)16(2)3)29(22)34-25(23(27)32)19-8-6-7-9-20(19)31/h5-11,16,18H,1,12-15H2,2-4H3/t18-/m0/s1. The van der Waals surface area contributed by atoms with Crippen molar-refractivity contribution in [1.29, 1.82) is 0 Å². The van der Waals surface area contributed by atoms with E-state index in [9.17, 15) is 9.59 Å². The average Bonchev–Trinajstić information content (AvgIpc) is 3.12. The van der Waals surface area contributed by atoms with Crippen LogP contribution >= 0.6 is 0 Å². The summed E-state index contributed by atoms with van der Waals surface area (Å²) in [6.07, 6.45) is 2.91. The molecule has 5 heterocycles. The molecule has 3 aromatic heterocycles. The Hall–Kier alpha value is -4.67. The van der Waals surface area contributed by atoms with Gasteiger partial charge in [-0.25, -0.2) is 23.1 Å². The first-order chi connectivity index (χ1) is 19.7. The van der Waals surface area contributed by atoms with E-state index in [2.05, 4.69) is 21.5 Å². The van der Waals surface area contributed by atoms with Gasteiger partial charge in [-0.3, -0.25) is 9.78 Å². The number of piperazine rings is 1. The van der Waals surface area contributed by atoms with Gasteiger partial charge in [-0.2, -0.15) is 4.98 Å². The maximum atomic E-state index is 16.3. The molecule has 2 aliphatic rings. The number of amides is 1. The first-order valence-electron chi connectivity index (χ1n) is 13.4. The fourth-order valence-electron chi connectivity index (χ4n) is 5.63. The number of benzene rings is 1. The van der Waals surface area contributed by atoms with Gasteiger partial charge in [-0.15, -0.1) is 0 Å². The third kappa shape index (κ3) is 4.23. The van der Waals surface area contributed by atoms with Crippen molar-refractivity contribution in [1.82, 2.24) is 24.4 Å². The van der Waals surface area contributed by atoms with Crippen molar-refractivity contribution in [2.75, 3.05) is 31.1 Å². The molecular weight excluding hydrogens is 530 g/mol. The number of rotatable bonds is 4. The maximum Gasteiger partial charge on any atom is 0.355 e. The molecule has 1 aromatic carbocycles. The van der Waals surface area contributed by atoms with Crippen LogP contribution in [0.3, 0.4) is 0 Å². The molecule has 210 valence electrons. The van der Waals surface area contributed by atoms with Crippen LogP contribution in [0.15, 0.2) is 54.0 Å². The predicted octanol–water partition coefficient (Wildman–Crippen LogP) is 4.15. The van der Waals surface area contributed by atoms with Crippen LogP contribution in [0.25, 0.3) is 28.0 Å². The third-order valence-electron chi connectivity index (χ3n) is 7.62. The van der Waals surface area contributed by atoms with E-state index >= 15 is 8.78 Å². The minimum absolute atomic E-state index is 0.00137. The molecule has 9 nitrogen and oxygen atoms in total. The number of anilines is 1. The summed E-state index contributed by atoms with van der Waals surface area (Å²) in [5.74, 6) is -1.79. The first-order valence-corrected chi connectivity index (χ1v) is 13.4. The summed E-state index contributed by atoms with van der Waals surface area (Å²) in [5.41, 5.74) is 0.949. The van der Waals surface area contributed by atoms with Gasteiger partial charge in [-0.05, 0) is 42.7 Å². The average molecular weight is 559 g/mol. The van der Waals surface area contributed by atoms with E-state index in [0.29, 0.717) is 24.5 Å². The van der Waals surface area contributed by atoms with Crippen molar-refractivity contribution < 1.29 is 18.3 Å². The van der Waals surface area contributed by atoms with Crippen LogP contribution < -0.4 is 15.3 Å². The highest BCUT2D eigenvalue weighted by molar-refractivity contribution is 5.97. The summed E-state index contributed by atoms with van der Waals surface area (Å²) in [4.78, 5) is 43.4. The molecule has 41 heavy (non-hydrogen) atoms. The van der Waals surface area contributed by atoms with Crippen LogP contribution in [0.5, 0.6) is 5.75 Å². The van der Waals surface area contributed by atoms with E-state index in [1.807, 2.05) is 25.7 Å². The number of ether oxygens (including phenoxy) is 1. The zero-order valence-corrected chi connectivity index (χ0v) is 22.9. The summed E-state index contributed by atoms with van der Waals surface area (Å²) in [6.45, 7) is 10.3. The predicted molar refractivity (Wildman–Crippen MR) is 151 cm³/mol. The minimum Gasteiger partial charge on any atom is -0.487 e. The molecule has 4 aromatic rings. The molecule has 0 N–H and O–H groups in total. The van der Waals surface area contributed by atoms with Gasteiger partial charge >= 0.3 is 5.69 Å². The molecule has 0 aliphatic carbocycles. The smallest absolute Gasteiger partial charge is 0.355 e. The Morgan fingerprint density at radius 2 is 1.95 bits per heavy atom. The molecule has 0 radical (unpaired) electrons. The van der Waals surface area contributed by atoms with E-state index < -0.39 is 23.4 Å². The highest BCUT2D eigenvalue weighted by atomic mass is 19.1. The number of carbonyl (C=O) groups is 1. The number of aryl methyl sites for hydroxylation is 1. The Bertz CT molecular complexity index is 1790. The second-order valence-corrected chi connectivity index (χ2v) is 10.5. The van der Waals surface area contributed by atoms with E-state index in [0.717, 1.165) is 5.56 Å². The van der Waals surface area contributed by atoms with Crippen molar-refractivity contribution >= 4 is 22.8 Å². The van der Waals surface area contributed by atoms with Gasteiger partial charge in [-0.1, -0.05) is 32.6 Å². The van der Waals surface area contributed by atoms with Crippen LogP contribution in [0, 0.1) is 18.6 Å². The van der Waals surface area contributed by atoms with Crippen molar-refractivity contribution in [3.63, 3.8) is 0 Å². The lowest BCUT2D eigenvalue weighted by Crippen LogP contribution is -2.56. The van der Waals surface area contributed by atoms with Crippen LogP contribution in [0.4, 0.5) is 14.6 Å². The second kappa shape index (κ2) is 10.1. The lowest BCUT2D eigenvalue weighted by Gasteiger charge is -2.40. The van der Waals surface area contributed by atoms with Gasteiger partial charge in [0.1, 0.15) is 29.3 Å².